The average molecular weight is 352 g/mol. The Bertz CT molecular complexity index is 1040. The van der Waals surface area contributed by atoms with Crippen LogP contribution in [0.2, 0.25) is 5.02 Å². The highest BCUT2D eigenvalue weighted by Crippen LogP contribution is 2.36. The van der Waals surface area contributed by atoms with E-state index in [1.165, 1.54) is 0 Å². The lowest BCUT2D eigenvalue weighted by Crippen LogP contribution is -1.84. The van der Waals surface area contributed by atoms with Crippen LogP contribution in [-0.2, 0) is 0 Å². The van der Waals surface area contributed by atoms with Gasteiger partial charge in [-0.1, -0.05) is 47.1 Å². The molecule has 2 aromatic carbocycles. The number of benzene rings is 2. The van der Waals surface area contributed by atoms with Crippen molar-refractivity contribution in [2.75, 3.05) is 0 Å². The number of aromatic nitrogens is 3. The SMILES string of the molecule is Cc1onc(-c2ccccc2)c1-c1cc(-c2cc(Cl)ccc2O)n[nH]1. The van der Waals surface area contributed by atoms with Crippen LogP contribution < -0.4 is 0 Å². The van der Waals surface area contributed by atoms with Crippen molar-refractivity contribution in [2.24, 2.45) is 0 Å². The Hall–Kier alpha value is -3.05. The minimum Gasteiger partial charge on any atom is -0.507 e. The van der Waals surface area contributed by atoms with Gasteiger partial charge < -0.3 is 9.63 Å². The second-order valence-electron chi connectivity index (χ2n) is 5.66. The maximum Gasteiger partial charge on any atom is 0.143 e. The summed E-state index contributed by atoms with van der Waals surface area (Å²) in [6.45, 7) is 1.85. The Morgan fingerprint density at radius 1 is 1.08 bits per heavy atom. The van der Waals surface area contributed by atoms with Crippen LogP contribution in [0.25, 0.3) is 33.8 Å². The van der Waals surface area contributed by atoms with Gasteiger partial charge in [0.25, 0.3) is 0 Å². The van der Waals surface area contributed by atoms with E-state index >= 15 is 0 Å². The molecule has 2 heterocycles. The number of aromatic amines is 1. The third kappa shape index (κ3) is 2.79. The molecule has 0 unspecified atom stereocenters. The van der Waals surface area contributed by atoms with Gasteiger partial charge in [-0.25, -0.2) is 0 Å². The number of nitrogens with zero attached hydrogens (tertiary/aromatic N) is 2. The number of H-pyrrole nitrogens is 1. The summed E-state index contributed by atoms with van der Waals surface area (Å²) in [5.74, 6) is 0.803. The fraction of sp³-hybridized carbons (Fsp3) is 0.0526. The molecule has 0 saturated heterocycles. The van der Waals surface area contributed by atoms with Crippen molar-refractivity contribution in [2.45, 2.75) is 6.92 Å². The number of aryl methyl sites for hydroxylation is 1. The van der Waals surface area contributed by atoms with Gasteiger partial charge in [0.05, 0.1) is 17.0 Å². The molecule has 2 aromatic heterocycles. The number of aromatic hydroxyl groups is 1. The zero-order valence-electron chi connectivity index (χ0n) is 13.3. The molecule has 0 saturated carbocycles. The van der Waals surface area contributed by atoms with E-state index < -0.39 is 0 Å². The summed E-state index contributed by atoms with van der Waals surface area (Å²) in [6, 6.07) is 16.5. The molecule has 2 N–H and O–H groups in total. The number of hydrogen-bond donors (Lipinski definition) is 2. The standard InChI is InChI=1S/C19H14ClN3O2/c1-11-18(19(23-25-11)12-5-3-2-4-6-12)16-10-15(21-22-16)14-9-13(20)7-8-17(14)24/h2-10,24H,1H3,(H,21,22). The van der Waals surface area contributed by atoms with E-state index in [1.807, 2.05) is 43.3 Å². The highest BCUT2D eigenvalue weighted by Gasteiger charge is 2.19. The Balaban J connectivity index is 1.82. The van der Waals surface area contributed by atoms with E-state index in [0.717, 1.165) is 22.5 Å². The first-order chi connectivity index (χ1) is 12.1. The van der Waals surface area contributed by atoms with Gasteiger partial charge in [-0.05, 0) is 31.2 Å². The molecule has 0 aliphatic rings. The van der Waals surface area contributed by atoms with Crippen molar-refractivity contribution in [3.63, 3.8) is 0 Å². The molecule has 6 heteroatoms. The third-order valence-electron chi connectivity index (χ3n) is 3.99. The lowest BCUT2D eigenvalue weighted by molar-refractivity contribution is 0.400. The van der Waals surface area contributed by atoms with Crippen molar-refractivity contribution in [1.82, 2.24) is 15.4 Å². The molecule has 0 amide bonds. The summed E-state index contributed by atoms with van der Waals surface area (Å²) in [5, 5.41) is 22.1. The summed E-state index contributed by atoms with van der Waals surface area (Å²) in [7, 11) is 0. The van der Waals surface area contributed by atoms with E-state index in [2.05, 4.69) is 15.4 Å². The van der Waals surface area contributed by atoms with E-state index in [1.54, 1.807) is 18.2 Å². The second-order valence-corrected chi connectivity index (χ2v) is 6.09. The minimum absolute atomic E-state index is 0.118. The Morgan fingerprint density at radius 3 is 2.68 bits per heavy atom. The molecule has 0 radical (unpaired) electrons. The van der Waals surface area contributed by atoms with Crippen molar-refractivity contribution >= 4 is 11.6 Å². The topological polar surface area (TPSA) is 74.9 Å². The van der Waals surface area contributed by atoms with Crippen LogP contribution in [0.1, 0.15) is 5.76 Å². The zero-order valence-corrected chi connectivity index (χ0v) is 14.1. The van der Waals surface area contributed by atoms with Crippen LogP contribution >= 0.6 is 11.6 Å². The van der Waals surface area contributed by atoms with Gasteiger partial charge in [0.2, 0.25) is 0 Å². The van der Waals surface area contributed by atoms with Gasteiger partial charge >= 0.3 is 0 Å². The fourth-order valence-electron chi connectivity index (χ4n) is 2.78. The van der Waals surface area contributed by atoms with Crippen molar-refractivity contribution in [3.05, 3.63) is 65.4 Å². The predicted molar refractivity (Wildman–Crippen MR) is 96.4 cm³/mol. The molecule has 0 aliphatic carbocycles. The van der Waals surface area contributed by atoms with Gasteiger partial charge in [0.1, 0.15) is 17.2 Å². The summed E-state index contributed by atoms with van der Waals surface area (Å²) in [5.41, 5.74) is 4.44. The van der Waals surface area contributed by atoms with Crippen LogP contribution in [0.4, 0.5) is 0 Å². The molecule has 25 heavy (non-hydrogen) atoms. The molecule has 124 valence electrons. The monoisotopic (exact) mass is 351 g/mol. The van der Waals surface area contributed by atoms with Crippen LogP contribution in [0.15, 0.2) is 59.1 Å². The first-order valence-electron chi connectivity index (χ1n) is 7.70. The smallest absolute Gasteiger partial charge is 0.143 e. The number of halogens is 1. The highest BCUT2D eigenvalue weighted by molar-refractivity contribution is 6.30. The van der Waals surface area contributed by atoms with E-state index in [-0.39, 0.29) is 5.75 Å². The largest absolute Gasteiger partial charge is 0.507 e. The molecule has 0 aliphatic heterocycles. The first-order valence-corrected chi connectivity index (χ1v) is 8.07. The number of hydrogen-bond acceptors (Lipinski definition) is 4. The molecule has 0 atom stereocenters. The normalized spacial score (nSPS) is 11.0. The van der Waals surface area contributed by atoms with Crippen LogP contribution in [0.3, 0.4) is 0 Å². The summed E-state index contributed by atoms with van der Waals surface area (Å²) < 4.78 is 5.39. The lowest BCUT2D eigenvalue weighted by Gasteiger charge is -2.01. The van der Waals surface area contributed by atoms with Gasteiger partial charge in [-0.2, -0.15) is 5.10 Å². The molecule has 0 bridgehead atoms. The van der Waals surface area contributed by atoms with E-state index in [9.17, 15) is 5.11 Å². The minimum atomic E-state index is 0.118. The quantitative estimate of drug-likeness (QED) is 0.540. The fourth-order valence-corrected chi connectivity index (χ4v) is 2.96. The summed E-state index contributed by atoms with van der Waals surface area (Å²) in [4.78, 5) is 0. The van der Waals surface area contributed by atoms with Crippen molar-refractivity contribution in [3.8, 4) is 39.5 Å². The number of phenols is 1. The molecular weight excluding hydrogens is 338 g/mol. The number of nitrogens with one attached hydrogen (secondary N) is 1. The molecule has 0 fully saturated rings. The van der Waals surface area contributed by atoms with Gasteiger partial charge in [0, 0.05) is 16.1 Å². The predicted octanol–water partition coefficient (Wildman–Crippen LogP) is 5.07. The van der Waals surface area contributed by atoms with Crippen LogP contribution in [0, 0.1) is 6.92 Å². The van der Waals surface area contributed by atoms with Gasteiger partial charge in [-0.3, -0.25) is 5.10 Å². The van der Waals surface area contributed by atoms with E-state index in [4.69, 9.17) is 16.1 Å². The molecular formula is C19H14ClN3O2. The van der Waals surface area contributed by atoms with Crippen molar-refractivity contribution < 1.29 is 9.63 Å². The number of phenolic OH excluding ortho intramolecular Hbond substituents is 1. The number of rotatable bonds is 3. The van der Waals surface area contributed by atoms with Crippen molar-refractivity contribution in [1.29, 1.82) is 0 Å². The zero-order chi connectivity index (χ0) is 17.4. The van der Waals surface area contributed by atoms with Crippen LogP contribution in [0.5, 0.6) is 5.75 Å². The Kier molecular flexibility index (Phi) is 3.78. The molecule has 5 nitrogen and oxygen atoms in total. The van der Waals surface area contributed by atoms with Gasteiger partial charge in [0.15, 0.2) is 0 Å². The maximum absolute atomic E-state index is 10.1. The summed E-state index contributed by atoms with van der Waals surface area (Å²) >= 11 is 6.03. The second kappa shape index (κ2) is 6.11. The van der Waals surface area contributed by atoms with E-state index in [0.29, 0.717) is 22.0 Å². The molecule has 4 aromatic rings. The van der Waals surface area contributed by atoms with Gasteiger partial charge in [-0.15, -0.1) is 0 Å². The average Bonchev–Trinajstić information content (AvgIpc) is 3.24. The maximum atomic E-state index is 10.1. The first kappa shape index (κ1) is 15.5. The molecule has 0 spiro atoms. The Morgan fingerprint density at radius 2 is 1.88 bits per heavy atom. The highest BCUT2D eigenvalue weighted by atomic mass is 35.5. The summed E-state index contributed by atoms with van der Waals surface area (Å²) in [6.07, 6.45) is 0. The third-order valence-corrected chi connectivity index (χ3v) is 4.23. The Labute approximate surface area is 148 Å². The van der Waals surface area contributed by atoms with Crippen LogP contribution in [-0.4, -0.2) is 20.5 Å². The lowest BCUT2D eigenvalue weighted by atomic mass is 10.0. The molecule has 4 rings (SSSR count).